The average molecular weight is 246 g/mol. The number of rotatable bonds is 3. The molecule has 0 radical (unpaired) electrons. The van der Waals surface area contributed by atoms with Gasteiger partial charge in [-0.3, -0.25) is 4.90 Å². The molecule has 0 spiro atoms. The molecular weight excluding hydrogens is 224 g/mol. The Kier molecular flexibility index (Phi) is 2.94. The first kappa shape index (κ1) is 11.8. The van der Waals surface area contributed by atoms with Crippen LogP contribution in [-0.4, -0.2) is 36.7 Å². The lowest BCUT2D eigenvalue weighted by Crippen LogP contribution is -2.36. The molecule has 1 fully saturated rings. The van der Waals surface area contributed by atoms with Gasteiger partial charge in [-0.1, -0.05) is 19.1 Å². The molecule has 2 aliphatic heterocycles. The monoisotopic (exact) mass is 246 g/mol. The summed E-state index contributed by atoms with van der Waals surface area (Å²) in [6.45, 7) is 8.78. The Hall–Kier alpha value is -1.22. The smallest absolute Gasteiger partial charge is 0.143 e. The van der Waals surface area contributed by atoms with Gasteiger partial charge in [-0.2, -0.15) is 0 Å². The number of hydrogen-bond acceptors (Lipinski definition) is 3. The topological polar surface area (TPSA) is 24.5 Å². The van der Waals surface area contributed by atoms with Crippen LogP contribution in [0.25, 0.3) is 0 Å². The number of nitrogens with one attached hydrogen (secondary N) is 1. The van der Waals surface area contributed by atoms with Gasteiger partial charge in [0.15, 0.2) is 0 Å². The molecule has 1 atom stereocenters. The van der Waals surface area contributed by atoms with Crippen molar-refractivity contribution in [1.29, 1.82) is 0 Å². The third-order valence-electron chi connectivity index (χ3n) is 4.13. The molecule has 1 saturated heterocycles. The molecular formula is C15H22N2O. The van der Waals surface area contributed by atoms with Gasteiger partial charge in [0.05, 0.1) is 5.69 Å². The highest BCUT2D eigenvalue weighted by molar-refractivity contribution is 5.65. The highest BCUT2D eigenvalue weighted by Crippen LogP contribution is 2.36. The minimum absolute atomic E-state index is 0.0323. The molecule has 0 aliphatic carbocycles. The largest absolute Gasteiger partial charge is 0.484 e. The van der Waals surface area contributed by atoms with E-state index in [-0.39, 0.29) is 5.60 Å². The van der Waals surface area contributed by atoms with E-state index in [1.807, 2.05) is 0 Å². The summed E-state index contributed by atoms with van der Waals surface area (Å²) in [7, 11) is 0. The minimum atomic E-state index is -0.0323. The highest BCUT2D eigenvalue weighted by atomic mass is 16.5. The van der Waals surface area contributed by atoms with Gasteiger partial charge in [-0.15, -0.1) is 0 Å². The van der Waals surface area contributed by atoms with Crippen LogP contribution in [-0.2, 0) is 6.42 Å². The van der Waals surface area contributed by atoms with Gasteiger partial charge in [-0.05, 0) is 31.5 Å². The molecule has 1 aromatic rings. The second kappa shape index (κ2) is 4.47. The first-order valence-electron chi connectivity index (χ1n) is 6.97. The maximum atomic E-state index is 6.33. The molecule has 3 nitrogen and oxygen atoms in total. The molecule has 0 bridgehead atoms. The van der Waals surface area contributed by atoms with Crippen molar-refractivity contribution in [2.24, 2.45) is 0 Å². The van der Waals surface area contributed by atoms with Crippen LogP contribution < -0.4 is 10.1 Å². The van der Waals surface area contributed by atoms with Crippen molar-refractivity contribution in [2.45, 2.75) is 32.3 Å². The fourth-order valence-electron chi connectivity index (χ4n) is 3.04. The van der Waals surface area contributed by atoms with Crippen LogP contribution in [0.1, 0.15) is 25.8 Å². The first-order valence-corrected chi connectivity index (χ1v) is 6.97. The minimum Gasteiger partial charge on any atom is -0.484 e. The third kappa shape index (κ3) is 2.07. The molecule has 0 amide bonds. The number of nitrogens with zero attached hydrogens (tertiary/aromatic N) is 1. The number of para-hydroxylation sites is 1. The Bertz CT molecular complexity index is 446. The van der Waals surface area contributed by atoms with Crippen molar-refractivity contribution in [3.8, 4) is 5.75 Å². The molecule has 98 valence electrons. The SMILES string of the molecule is CCN1CCC(C)(Oc2cccc3c2NCC3)C1. The Morgan fingerprint density at radius 1 is 1.44 bits per heavy atom. The summed E-state index contributed by atoms with van der Waals surface area (Å²) < 4.78 is 6.33. The molecule has 0 saturated carbocycles. The standard InChI is InChI=1S/C15H22N2O/c1-3-17-10-8-15(2,11-17)18-13-6-4-5-12-7-9-16-14(12)13/h4-6,16H,3,7-11H2,1-2H3. The van der Waals surface area contributed by atoms with E-state index in [0.29, 0.717) is 0 Å². The zero-order chi connectivity index (χ0) is 12.6. The molecule has 3 rings (SSSR count). The van der Waals surface area contributed by atoms with E-state index in [1.54, 1.807) is 0 Å². The van der Waals surface area contributed by atoms with Crippen LogP contribution >= 0.6 is 0 Å². The third-order valence-corrected chi connectivity index (χ3v) is 4.13. The summed E-state index contributed by atoms with van der Waals surface area (Å²) in [5, 5.41) is 3.45. The zero-order valence-electron chi connectivity index (χ0n) is 11.3. The molecule has 2 heterocycles. The van der Waals surface area contributed by atoms with Gasteiger partial charge in [0, 0.05) is 26.1 Å². The summed E-state index contributed by atoms with van der Waals surface area (Å²) in [5.74, 6) is 1.03. The number of anilines is 1. The van der Waals surface area contributed by atoms with Crippen molar-refractivity contribution in [3.05, 3.63) is 23.8 Å². The molecule has 1 unspecified atom stereocenters. The summed E-state index contributed by atoms with van der Waals surface area (Å²) in [6.07, 6.45) is 2.23. The highest BCUT2D eigenvalue weighted by Gasteiger charge is 2.35. The van der Waals surface area contributed by atoms with E-state index >= 15 is 0 Å². The number of fused-ring (bicyclic) bond motifs is 1. The Labute approximate surface area is 109 Å². The second-order valence-electron chi connectivity index (χ2n) is 5.64. The number of ether oxygens (including phenoxy) is 1. The van der Waals surface area contributed by atoms with E-state index < -0.39 is 0 Å². The van der Waals surface area contributed by atoms with Crippen molar-refractivity contribution in [1.82, 2.24) is 4.90 Å². The fraction of sp³-hybridized carbons (Fsp3) is 0.600. The quantitative estimate of drug-likeness (QED) is 0.887. The van der Waals surface area contributed by atoms with E-state index in [2.05, 4.69) is 42.3 Å². The Morgan fingerprint density at radius 3 is 3.11 bits per heavy atom. The molecule has 3 heteroatoms. The summed E-state index contributed by atoms with van der Waals surface area (Å²) in [5.41, 5.74) is 2.57. The van der Waals surface area contributed by atoms with E-state index in [4.69, 9.17) is 4.74 Å². The first-order chi connectivity index (χ1) is 8.70. The Morgan fingerprint density at radius 2 is 2.33 bits per heavy atom. The molecule has 2 aliphatic rings. The average Bonchev–Trinajstić information content (AvgIpc) is 2.96. The van der Waals surface area contributed by atoms with Crippen molar-refractivity contribution in [2.75, 3.05) is 31.5 Å². The predicted molar refractivity (Wildman–Crippen MR) is 74.4 cm³/mol. The van der Waals surface area contributed by atoms with Crippen molar-refractivity contribution in [3.63, 3.8) is 0 Å². The van der Waals surface area contributed by atoms with Crippen LogP contribution in [0.2, 0.25) is 0 Å². The molecule has 18 heavy (non-hydrogen) atoms. The predicted octanol–water partition coefficient (Wildman–Crippen LogP) is 2.52. The van der Waals surface area contributed by atoms with Gasteiger partial charge < -0.3 is 10.1 Å². The van der Waals surface area contributed by atoms with Gasteiger partial charge in [-0.25, -0.2) is 0 Å². The van der Waals surface area contributed by atoms with Crippen molar-refractivity contribution < 1.29 is 4.74 Å². The molecule has 1 aromatic carbocycles. The van der Waals surface area contributed by atoms with Crippen LogP contribution in [0.3, 0.4) is 0 Å². The summed E-state index contributed by atoms with van der Waals surface area (Å²) in [4.78, 5) is 2.45. The maximum Gasteiger partial charge on any atom is 0.143 e. The fourth-order valence-corrected chi connectivity index (χ4v) is 3.04. The van der Waals surface area contributed by atoms with E-state index in [1.165, 1.54) is 11.3 Å². The normalized spacial score (nSPS) is 27.0. The van der Waals surface area contributed by atoms with Crippen LogP contribution in [0.5, 0.6) is 5.75 Å². The zero-order valence-corrected chi connectivity index (χ0v) is 11.3. The van der Waals surface area contributed by atoms with Gasteiger partial charge in [0.2, 0.25) is 0 Å². The number of likely N-dealkylation sites (tertiary alicyclic amines) is 1. The van der Waals surface area contributed by atoms with Crippen molar-refractivity contribution >= 4 is 5.69 Å². The van der Waals surface area contributed by atoms with E-state index in [0.717, 1.165) is 44.8 Å². The van der Waals surface area contributed by atoms with Gasteiger partial charge >= 0.3 is 0 Å². The second-order valence-corrected chi connectivity index (χ2v) is 5.64. The molecule has 1 N–H and O–H groups in total. The summed E-state index contributed by atoms with van der Waals surface area (Å²) >= 11 is 0. The maximum absolute atomic E-state index is 6.33. The number of benzene rings is 1. The lowest BCUT2D eigenvalue weighted by Gasteiger charge is -2.27. The van der Waals surface area contributed by atoms with E-state index in [9.17, 15) is 0 Å². The number of likely N-dealkylation sites (N-methyl/N-ethyl adjacent to an activating group) is 1. The lowest BCUT2D eigenvalue weighted by atomic mass is 10.1. The number of hydrogen-bond donors (Lipinski definition) is 1. The van der Waals surface area contributed by atoms with Crippen LogP contribution in [0, 0.1) is 0 Å². The lowest BCUT2D eigenvalue weighted by molar-refractivity contribution is 0.0978. The summed E-state index contributed by atoms with van der Waals surface area (Å²) in [6, 6.07) is 6.39. The van der Waals surface area contributed by atoms with Gasteiger partial charge in [0.25, 0.3) is 0 Å². The van der Waals surface area contributed by atoms with Crippen LogP contribution in [0.4, 0.5) is 5.69 Å². The van der Waals surface area contributed by atoms with Crippen LogP contribution in [0.15, 0.2) is 18.2 Å². The van der Waals surface area contributed by atoms with Gasteiger partial charge in [0.1, 0.15) is 11.4 Å². The molecule has 0 aromatic heterocycles. The Balaban J connectivity index is 1.79.